The molecule has 0 bridgehead atoms. The highest BCUT2D eigenvalue weighted by Gasteiger charge is 2.31. The van der Waals surface area contributed by atoms with Gasteiger partial charge in [0.2, 0.25) is 0 Å². The van der Waals surface area contributed by atoms with Gasteiger partial charge in [0.25, 0.3) is 0 Å². The van der Waals surface area contributed by atoms with Crippen LogP contribution in [0.3, 0.4) is 0 Å². The van der Waals surface area contributed by atoms with E-state index in [0.717, 1.165) is 66.3 Å². The van der Waals surface area contributed by atoms with E-state index in [-0.39, 0.29) is 17.8 Å². The van der Waals surface area contributed by atoms with Gasteiger partial charge in [-0.2, -0.15) is 4.98 Å². The monoisotopic (exact) mass is 450 g/mol. The first-order valence-electron chi connectivity index (χ1n) is 12.3. The van der Waals surface area contributed by atoms with Gasteiger partial charge in [-0.05, 0) is 62.1 Å². The van der Waals surface area contributed by atoms with Crippen LogP contribution in [-0.2, 0) is 12.8 Å². The van der Waals surface area contributed by atoms with Gasteiger partial charge in [0.15, 0.2) is 5.65 Å². The summed E-state index contributed by atoms with van der Waals surface area (Å²) in [6, 6.07) is 2.56. The average molecular weight is 451 g/mol. The largest absolute Gasteiger partial charge is 0.372 e. The van der Waals surface area contributed by atoms with Crippen molar-refractivity contribution in [1.29, 1.82) is 0 Å². The van der Waals surface area contributed by atoms with Crippen molar-refractivity contribution in [2.75, 3.05) is 31.6 Å². The first kappa shape index (κ1) is 23.5. The summed E-state index contributed by atoms with van der Waals surface area (Å²) < 4.78 is 1.80. The van der Waals surface area contributed by atoms with Gasteiger partial charge in [0.1, 0.15) is 5.82 Å². The number of hydrogen-bond acceptors (Lipinski definition) is 6. The van der Waals surface area contributed by atoms with E-state index in [2.05, 4.69) is 82.0 Å². The second kappa shape index (κ2) is 9.29. The van der Waals surface area contributed by atoms with E-state index in [0.29, 0.717) is 5.92 Å². The highest BCUT2D eigenvalue weighted by molar-refractivity contribution is 5.90. The number of pyridine rings is 1. The minimum Gasteiger partial charge on any atom is -0.372 e. The maximum Gasteiger partial charge on any atom is 0.355 e. The predicted molar refractivity (Wildman–Crippen MR) is 137 cm³/mol. The van der Waals surface area contributed by atoms with Crippen LogP contribution in [0.4, 0.5) is 5.82 Å². The van der Waals surface area contributed by atoms with Crippen LogP contribution >= 0.6 is 0 Å². The molecular formula is C26H38N6O. The lowest BCUT2D eigenvalue weighted by Crippen LogP contribution is -2.51. The maximum absolute atomic E-state index is 13.8. The minimum absolute atomic E-state index is 0.0689. The smallest absolute Gasteiger partial charge is 0.355 e. The summed E-state index contributed by atoms with van der Waals surface area (Å²) in [6.07, 6.45) is 5.92. The zero-order valence-corrected chi connectivity index (χ0v) is 21.1. The molecule has 1 saturated heterocycles. The Hall–Kier alpha value is -2.67. The molecule has 2 aliphatic heterocycles. The molecule has 2 atom stereocenters. The number of aromatic nitrogens is 3. The molecule has 4 rings (SSSR count). The highest BCUT2D eigenvalue weighted by atomic mass is 16.1. The summed E-state index contributed by atoms with van der Waals surface area (Å²) in [5, 5.41) is 4.41. The van der Waals surface area contributed by atoms with Crippen LogP contribution in [0, 0.1) is 5.92 Å². The summed E-state index contributed by atoms with van der Waals surface area (Å²) in [4.78, 5) is 28.1. The van der Waals surface area contributed by atoms with Gasteiger partial charge in [0.05, 0.1) is 17.1 Å². The van der Waals surface area contributed by atoms with Crippen LogP contribution < -0.4 is 15.9 Å². The van der Waals surface area contributed by atoms with E-state index in [1.807, 2.05) is 0 Å². The number of allylic oxidation sites excluding steroid dienone is 2. The third-order valence-corrected chi connectivity index (χ3v) is 7.06. The molecular weight excluding hydrogens is 412 g/mol. The third-order valence-electron chi connectivity index (χ3n) is 7.06. The fourth-order valence-corrected chi connectivity index (χ4v) is 5.34. The van der Waals surface area contributed by atoms with E-state index < -0.39 is 0 Å². The third kappa shape index (κ3) is 4.07. The van der Waals surface area contributed by atoms with Crippen LogP contribution in [0.2, 0.25) is 0 Å². The Balaban J connectivity index is 2.08. The Kier molecular flexibility index (Phi) is 6.61. The van der Waals surface area contributed by atoms with Crippen molar-refractivity contribution in [3.05, 3.63) is 45.7 Å². The molecule has 7 nitrogen and oxygen atoms in total. The van der Waals surface area contributed by atoms with E-state index in [9.17, 15) is 4.79 Å². The van der Waals surface area contributed by atoms with Crippen molar-refractivity contribution < 1.29 is 0 Å². The van der Waals surface area contributed by atoms with E-state index in [1.165, 1.54) is 5.56 Å². The number of piperazine rings is 1. The quantitative estimate of drug-likeness (QED) is 0.753. The van der Waals surface area contributed by atoms with E-state index >= 15 is 0 Å². The number of anilines is 1. The van der Waals surface area contributed by atoms with Crippen molar-refractivity contribution in [1.82, 2.24) is 24.8 Å². The maximum atomic E-state index is 13.8. The molecule has 2 aliphatic rings. The Morgan fingerprint density at radius 1 is 1.21 bits per heavy atom. The number of nitrogens with one attached hydrogen (secondary N) is 1. The van der Waals surface area contributed by atoms with E-state index in [1.54, 1.807) is 4.57 Å². The highest BCUT2D eigenvalue weighted by Crippen LogP contribution is 2.33. The first-order chi connectivity index (χ1) is 15.8. The van der Waals surface area contributed by atoms with Gasteiger partial charge in [-0.3, -0.25) is 0 Å². The summed E-state index contributed by atoms with van der Waals surface area (Å²) in [5.74, 6) is 1.09. The molecule has 1 fully saturated rings. The molecule has 0 aliphatic carbocycles. The molecule has 1 N–H and O–H groups in total. The topological polar surface area (TPSA) is 66.3 Å². The number of rotatable bonds is 5. The second-order valence-corrected chi connectivity index (χ2v) is 9.71. The van der Waals surface area contributed by atoms with Gasteiger partial charge in [-0.1, -0.05) is 27.7 Å². The van der Waals surface area contributed by atoms with Crippen LogP contribution in [0.5, 0.6) is 0 Å². The average Bonchev–Trinajstić information content (AvgIpc) is 2.79. The predicted octanol–water partition coefficient (Wildman–Crippen LogP) is 3.43. The number of aryl methyl sites for hydroxylation is 2. The SMILES string of the molecule is CCc1cc2c(N3CCNCC3C)nc(=O)n(C3=C(C)C=CN(C)C3C(C)C)c2nc1CC. The Morgan fingerprint density at radius 3 is 2.61 bits per heavy atom. The van der Waals surface area contributed by atoms with Crippen LogP contribution in [0.1, 0.15) is 52.8 Å². The molecule has 0 saturated carbocycles. The van der Waals surface area contributed by atoms with Gasteiger partial charge < -0.3 is 15.1 Å². The van der Waals surface area contributed by atoms with Crippen LogP contribution in [0.25, 0.3) is 16.7 Å². The van der Waals surface area contributed by atoms with Crippen molar-refractivity contribution >= 4 is 22.5 Å². The lowest BCUT2D eigenvalue weighted by Gasteiger charge is -2.38. The summed E-state index contributed by atoms with van der Waals surface area (Å²) >= 11 is 0. The molecule has 2 unspecified atom stereocenters. The van der Waals surface area contributed by atoms with Crippen molar-refractivity contribution in [3.63, 3.8) is 0 Å². The van der Waals surface area contributed by atoms with Gasteiger partial charge >= 0.3 is 5.69 Å². The fourth-order valence-electron chi connectivity index (χ4n) is 5.34. The van der Waals surface area contributed by atoms with Crippen LogP contribution in [0.15, 0.2) is 28.7 Å². The summed E-state index contributed by atoms with van der Waals surface area (Å²) in [5.41, 5.74) is 4.84. The molecule has 7 heteroatoms. The standard InChI is InChI=1S/C26H38N6O/c1-8-19-14-20-24(31-13-11-27-15-18(31)6)29-26(33)32(25(20)28-21(19)9-2)23-17(5)10-12-30(7)22(23)16(3)4/h10,12,14,16,18,22,27H,8-9,11,13,15H2,1-7H3. The number of hydrogen-bond donors (Lipinski definition) is 1. The molecule has 0 spiro atoms. The summed E-state index contributed by atoms with van der Waals surface area (Å²) in [7, 11) is 2.07. The second-order valence-electron chi connectivity index (χ2n) is 9.71. The number of likely N-dealkylation sites (N-methyl/N-ethyl adjacent to an activating group) is 1. The van der Waals surface area contributed by atoms with Gasteiger partial charge in [-0.15, -0.1) is 0 Å². The van der Waals surface area contributed by atoms with Crippen molar-refractivity contribution in [2.45, 2.75) is 66.5 Å². The lowest BCUT2D eigenvalue weighted by molar-refractivity contribution is 0.308. The molecule has 0 aromatic carbocycles. The molecule has 0 radical (unpaired) electrons. The molecule has 2 aromatic heterocycles. The Morgan fingerprint density at radius 2 is 1.97 bits per heavy atom. The number of fused-ring (bicyclic) bond motifs is 1. The Bertz CT molecular complexity index is 1160. The van der Waals surface area contributed by atoms with Gasteiger partial charge in [0, 0.05) is 38.4 Å². The number of nitrogens with zero attached hydrogens (tertiary/aromatic N) is 5. The normalized spacial score (nSPS) is 21.6. The Labute approximate surface area is 197 Å². The molecule has 33 heavy (non-hydrogen) atoms. The zero-order chi connectivity index (χ0) is 23.9. The van der Waals surface area contributed by atoms with Crippen LogP contribution in [-0.4, -0.2) is 58.2 Å². The van der Waals surface area contributed by atoms with Crippen molar-refractivity contribution in [3.8, 4) is 0 Å². The zero-order valence-electron chi connectivity index (χ0n) is 21.1. The fraction of sp³-hybridized carbons (Fsp3) is 0.577. The van der Waals surface area contributed by atoms with E-state index in [4.69, 9.17) is 9.97 Å². The lowest BCUT2D eigenvalue weighted by atomic mass is 9.93. The summed E-state index contributed by atoms with van der Waals surface area (Å²) in [6.45, 7) is 15.6. The minimum atomic E-state index is -0.245. The first-order valence-corrected chi connectivity index (χ1v) is 12.3. The van der Waals surface area contributed by atoms with Crippen molar-refractivity contribution in [2.24, 2.45) is 5.92 Å². The molecule has 178 valence electrons. The molecule has 2 aromatic rings. The van der Waals surface area contributed by atoms with Gasteiger partial charge in [-0.25, -0.2) is 14.3 Å². The molecule has 4 heterocycles. The molecule has 0 amide bonds.